The van der Waals surface area contributed by atoms with Crippen LogP contribution in [0.25, 0.3) is 11.4 Å². The molecule has 0 atom stereocenters. The summed E-state index contributed by atoms with van der Waals surface area (Å²) < 4.78 is 38.0. The highest BCUT2D eigenvalue weighted by Crippen LogP contribution is 2.41. The van der Waals surface area contributed by atoms with Gasteiger partial charge in [-0.05, 0) is 25.0 Å². The molecule has 2 N–H and O–H groups in total. The van der Waals surface area contributed by atoms with Crippen LogP contribution >= 0.6 is 11.6 Å². The summed E-state index contributed by atoms with van der Waals surface area (Å²) in [5.41, 5.74) is 0.293. The number of rotatable bonds is 3. The predicted octanol–water partition coefficient (Wildman–Crippen LogP) is 1.72. The molecule has 0 saturated heterocycles. The fourth-order valence-electron chi connectivity index (χ4n) is 1.99. The molecule has 6 nitrogen and oxygen atoms in total. The van der Waals surface area contributed by atoms with E-state index in [2.05, 4.69) is 10.2 Å². The first-order valence-corrected chi connectivity index (χ1v) is 7.74. The highest BCUT2D eigenvalue weighted by atomic mass is 35.5. The van der Waals surface area contributed by atoms with Gasteiger partial charge >= 0.3 is 0 Å². The van der Waals surface area contributed by atoms with Gasteiger partial charge in [-0.25, -0.2) is 17.9 Å². The summed E-state index contributed by atoms with van der Waals surface area (Å²) in [6.07, 6.45) is 1.58. The van der Waals surface area contributed by atoms with Crippen molar-refractivity contribution in [2.24, 2.45) is 5.14 Å². The fraction of sp³-hybridized carbons (Fsp3) is 0.273. The summed E-state index contributed by atoms with van der Waals surface area (Å²) in [5.74, 6) is -0.396. The number of sulfonamides is 1. The second-order valence-electron chi connectivity index (χ2n) is 4.55. The van der Waals surface area contributed by atoms with Crippen molar-refractivity contribution >= 4 is 21.6 Å². The van der Waals surface area contributed by atoms with Crippen molar-refractivity contribution in [3.8, 4) is 11.4 Å². The Hall–Kier alpha value is -1.51. The van der Waals surface area contributed by atoms with Crippen LogP contribution in [0, 0.1) is 5.82 Å². The van der Waals surface area contributed by atoms with Crippen molar-refractivity contribution in [1.29, 1.82) is 0 Å². The zero-order chi connectivity index (χ0) is 14.5. The summed E-state index contributed by atoms with van der Waals surface area (Å²) >= 11 is 5.91. The summed E-state index contributed by atoms with van der Waals surface area (Å²) in [7, 11) is -4.00. The minimum atomic E-state index is -4.00. The molecule has 1 aromatic carbocycles. The van der Waals surface area contributed by atoms with E-state index in [0.29, 0.717) is 5.56 Å². The number of nitrogens with two attached hydrogens (primary N) is 1. The normalized spacial score (nSPS) is 15.6. The molecule has 106 valence electrons. The van der Waals surface area contributed by atoms with Crippen LogP contribution < -0.4 is 5.14 Å². The Bertz CT molecular complexity index is 786. The van der Waals surface area contributed by atoms with E-state index in [1.54, 1.807) is 6.07 Å². The molecule has 1 saturated carbocycles. The molecular weight excluding hydrogens is 307 g/mol. The molecule has 0 aliphatic heterocycles. The van der Waals surface area contributed by atoms with E-state index in [-0.39, 0.29) is 22.0 Å². The van der Waals surface area contributed by atoms with Crippen LogP contribution in [0.2, 0.25) is 5.02 Å². The first kappa shape index (κ1) is 13.5. The van der Waals surface area contributed by atoms with Gasteiger partial charge in [-0.3, -0.25) is 4.57 Å². The van der Waals surface area contributed by atoms with Crippen molar-refractivity contribution in [1.82, 2.24) is 14.8 Å². The lowest BCUT2D eigenvalue weighted by molar-refractivity contribution is 0.567. The first-order chi connectivity index (χ1) is 9.39. The molecule has 0 bridgehead atoms. The average molecular weight is 317 g/mol. The highest BCUT2D eigenvalue weighted by Gasteiger charge is 2.34. The highest BCUT2D eigenvalue weighted by molar-refractivity contribution is 7.89. The summed E-state index contributed by atoms with van der Waals surface area (Å²) in [6, 6.07) is 4.19. The van der Waals surface area contributed by atoms with E-state index in [1.165, 1.54) is 16.7 Å². The van der Waals surface area contributed by atoms with Crippen LogP contribution in [-0.2, 0) is 10.0 Å². The molecule has 1 aliphatic carbocycles. The van der Waals surface area contributed by atoms with Gasteiger partial charge in [0.25, 0.3) is 15.2 Å². The number of halogens is 2. The second kappa shape index (κ2) is 4.51. The van der Waals surface area contributed by atoms with E-state index < -0.39 is 15.8 Å². The number of primary sulfonamides is 1. The number of nitrogens with zero attached hydrogens (tertiary/aromatic N) is 3. The van der Waals surface area contributed by atoms with Gasteiger partial charge < -0.3 is 0 Å². The Balaban J connectivity index is 2.25. The molecule has 1 fully saturated rings. The molecule has 1 aromatic heterocycles. The lowest BCUT2D eigenvalue weighted by Crippen LogP contribution is -2.18. The van der Waals surface area contributed by atoms with Crippen molar-refractivity contribution in [3.63, 3.8) is 0 Å². The second-order valence-corrected chi connectivity index (χ2v) is 6.39. The summed E-state index contributed by atoms with van der Waals surface area (Å²) in [6.45, 7) is 0. The van der Waals surface area contributed by atoms with E-state index in [9.17, 15) is 12.8 Å². The van der Waals surface area contributed by atoms with Crippen molar-refractivity contribution < 1.29 is 12.8 Å². The Morgan fingerprint density at radius 2 is 2.05 bits per heavy atom. The van der Waals surface area contributed by atoms with E-state index in [1.807, 2.05) is 0 Å². The topological polar surface area (TPSA) is 90.9 Å². The van der Waals surface area contributed by atoms with Crippen LogP contribution in [-0.4, -0.2) is 23.2 Å². The minimum absolute atomic E-state index is 0.0485. The molecule has 0 unspecified atom stereocenters. The van der Waals surface area contributed by atoms with Crippen LogP contribution in [0.15, 0.2) is 23.4 Å². The van der Waals surface area contributed by atoms with Crippen molar-refractivity contribution in [2.45, 2.75) is 24.0 Å². The van der Waals surface area contributed by atoms with Crippen LogP contribution in [0.4, 0.5) is 4.39 Å². The van der Waals surface area contributed by atoms with E-state index in [0.717, 1.165) is 12.8 Å². The average Bonchev–Trinajstić information content (AvgIpc) is 3.10. The first-order valence-electron chi connectivity index (χ1n) is 5.81. The quantitative estimate of drug-likeness (QED) is 0.933. The van der Waals surface area contributed by atoms with Gasteiger partial charge in [0.05, 0.1) is 5.02 Å². The molecular formula is C11H10ClFN4O2S. The van der Waals surface area contributed by atoms with Gasteiger partial charge in [0, 0.05) is 11.6 Å². The Kier molecular flexibility index (Phi) is 3.03. The van der Waals surface area contributed by atoms with Gasteiger partial charge in [-0.2, -0.15) is 0 Å². The van der Waals surface area contributed by atoms with E-state index in [4.69, 9.17) is 16.7 Å². The van der Waals surface area contributed by atoms with Crippen LogP contribution in [0.1, 0.15) is 18.9 Å². The molecule has 1 heterocycles. The van der Waals surface area contributed by atoms with Gasteiger partial charge in [-0.15, -0.1) is 10.2 Å². The fourth-order valence-corrected chi connectivity index (χ4v) is 2.87. The monoisotopic (exact) mass is 316 g/mol. The van der Waals surface area contributed by atoms with Gasteiger partial charge in [0.1, 0.15) is 5.82 Å². The summed E-state index contributed by atoms with van der Waals surface area (Å²) in [5, 5.41) is 12.1. The minimum Gasteiger partial charge on any atom is -0.294 e. The number of hydrogen-bond acceptors (Lipinski definition) is 4. The summed E-state index contributed by atoms with van der Waals surface area (Å²) in [4.78, 5) is 0. The Morgan fingerprint density at radius 1 is 1.35 bits per heavy atom. The standard InChI is InChI=1S/C11H10ClFN4O2S/c12-9-7(2-1-3-8(9)13)10-15-16-11(20(14,18)19)17(10)6-4-5-6/h1-3,6H,4-5H2,(H2,14,18,19). The van der Waals surface area contributed by atoms with Crippen LogP contribution in [0.3, 0.4) is 0 Å². The Labute approximate surface area is 119 Å². The molecule has 0 amide bonds. The largest absolute Gasteiger partial charge is 0.294 e. The zero-order valence-corrected chi connectivity index (χ0v) is 11.7. The number of aromatic nitrogens is 3. The zero-order valence-electron chi connectivity index (χ0n) is 10.1. The van der Waals surface area contributed by atoms with Gasteiger partial charge in [-0.1, -0.05) is 17.7 Å². The maximum absolute atomic E-state index is 13.5. The van der Waals surface area contributed by atoms with Crippen molar-refractivity contribution in [3.05, 3.63) is 29.0 Å². The van der Waals surface area contributed by atoms with Crippen molar-refractivity contribution in [2.75, 3.05) is 0 Å². The van der Waals surface area contributed by atoms with Crippen LogP contribution in [0.5, 0.6) is 0 Å². The number of hydrogen-bond donors (Lipinski definition) is 1. The third-order valence-corrected chi connectivity index (χ3v) is 4.19. The molecule has 9 heteroatoms. The molecule has 3 rings (SSSR count). The maximum atomic E-state index is 13.5. The number of benzene rings is 1. The smallest absolute Gasteiger partial charge is 0.273 e. The third kappa shape index (κ3) is 2.19. The van der Waals surface area contributed by atoms with Gasteiger partial charge in [0.15, 0.2) is 5.82 Å². The van der Waals surface area contributed by atoms with Gasteiger partial charge in [0.2, 0.25) is 0 Å². The molecule has 0 spiro atoms. The third-order valence-electron chi connectivity index (χ3n) is 3.02. The molecule has 2 aromatic rings. The molecule has 20 heavy (non-hydrogen) atoms. The lowest BCUT2D eigenvalue weighted by atomic mass is 10.2. The SMILES string of the molecule is NS(=O)(=O)c1nnc(-c2cccc(F)c2Cl)n1C1CC1. The predicted molar refractivity (Wildman–Crippen MR) is 70.1 cm³/mol. The lowest BCUT2D eigenvalue weighted by Gasteiger charge is -2.09. The Morgan fingerprint density at radius 3 is 2.65 bits per heavy atom. The van der Waals surface area contributed by atoms with E-state index >= 15 is 0 Å². The maximum Gasteiger partial charge on any atom is 0.273 e. The molecule has 1 aliphatic rings. The molecule has 0 radical (unpaired) electrons.